The first kappa shape index (κ1) is 16.2. The van der Waals surface area contributed by atoms with Crippen molar-refractivity contribution >= 4 is 17.4 Å². The third-order valence-corrected chi connectivity index (χ3v) is 4.99. The summed E-state index contributed by atoms with van der Waals surface area (Å²) in [6.07, 6.45) is 7.35. The highest BCUT2D eigenvalue weighted by Crippen LogP contribution is 2.37. The molecule has 0 bridgehead atoms. The van der Waals surface area contributed by atoms with Crippen molar-refractivity contribution in [1.29, 1.82) is 0 Å². The Kier molecular flexibility index (Phi) is 4.83. The van der Waals surface area contributed by atoms with Crippen LogP contribution < -0.4 is 5.32 Å². The molecule has 1 aromatic carbocycles. The first-order valence-corrected chi connectivity index (χ1v) is 8.59. The molecular weight excluding hydrogens is 310 g/mol. The van der Waals surface area contributed by atoms with Gasteiger partial charge in [-0.15, -0.1) is 0 Å². The fourth-order valence-electron chi connectivity index (χ4n) is 3.53. The number of hydrogen-bond acceptors (Lipinski definition) is 3. The van der Waals surface area contributed by atoms with Crippen LogP contribution >= 0.6 is 11.6 Å². The summed E-state index contributed by atoms with van der Waals surface area (Å²) in [4.78, 5) is 20.5. The van der Waals surface area contributed by atoms with E-state index in [2.05, 4.69) is 22.2 Å². The van der Waals surface area contributed by atoms with Crippen LogP contribution in [0, 0.1) is 5.41 Å². The zero-order valence-electron chi connectivity index (χ0n) is 13.4. The summed E-state index contributed by atoms with van der Waals surface area (Å²) in [6, 6.07) is 5.50. The molecule has 1 aliphatic heterocycles. The average molecular weight is 332 g/mol. The molecule has 1 aliphatic rings. The van der Waals surface area contributed by atoms with Gasteiger partial charge < -0.3 is 10.3 Å². The number of nitrogens with one attached hydrogen (secondary N) is 2. The predicted molar refractivity (Wildman–Crippen MR) is 92.8 cm³/mol. The molecule has 0 spiro atoms. The van der Waals surface area contributed by atoms with Gasteiger partial charge in [0.1, 0.15) is 5.82 Å². The van der Waals surface area contributed by atoms with Crippen molar-refractivity contribution in [3.05, 3.63) is 41.2 Å². The number of ketones is 1. The van der Waals surface area contributed by atoms with E-state index in [1.807, 2.05) is 12.1 Å². The first-order valence-electron chi connectivity index (χ1n) is 8.21. The van der Waals surface area contributed by atoms with Gasteiger partial charge in [0.2, 0.25) is 0 Å². The Labute approximate surface area is 141 Å². The number of carbonyl (C=O) groups excluding carboxylic acids is 1. The molecular formula is C18H22ClN3O. The molecule has 0 aliphatic carbocycles. The Morgan fingerprint density at radius 1 is 1.43 bits per heavy atom. The minimum Gasteiger partial charge on any atom is -0.345 e. The lowest BCUT2D eigenvalue weighted by atomic mass is 9.71. The fourth-order valence-corrected chi connectivity index (χ4v) is 3.74. The van der Waals surface area contributed by atoms with E-state index in [9.17, 15) is 4.79 Å². The Morgan fingerprint density at radius 2 is 2.30 bits per heavy atom. The lowest BCUT2D eigenvalue weighted by Crippen LogP contribution is -2.45. The summed E-state index contributed by atoms with van der Waals surface area (Å²) < 4.78 is 0. The van der Waals surface area contributed by atoms with Crippen molar-refractivity contribution in [2.45, 2.75) is 32.6 Å². The van der Waals surface area contributed by atoms with E-state index in [1.54, 1.807) is 18.5 Å². The van der Waals surface area contributed by atoms with Crippen molar-refractivity contribution in [3.63, 3.8) is 0 Å². The zero-order valence-corrected chi connectivity index (χ0v) is 14.1. The molecule has 1 saturated heterocycles. The third-order valence-electron chi connectivity index (χ3n) is 4.66. The lowest BCUT2D eigenvalue weighted by molar-refractivity contribution is 0.0718. The molecule has 5 heteroatoms. The fraction of sp³-hybridized carbons (Fsp3) is 0.444. The molecule has 0 radical (unpaired) electrons. The first-order chi connectivity index (χ1) is 11.2. The Morgan fingerprint density at radius 3 is 2.96 bits per heavy atom. The van der Waals surface area contributed by atoms with E-state index in [0.29, 0.717) is 10.8 Å². The van der Waals surface area contributed by atoms with Gasteiger partial charge in [0.05, 0.1) is 5.02 Å². The number of benzene rings is 1. The molecule has 4 nitrogen and oxygen atoms in total. The second-order valence-electron chi connectivity index (χ2n) is 6.27. The van der Waals surface area contributed by atoms with Gasteiger partial charge in [-0.2, -0.15) is 0 Å². The number of aromatic amines is 1. The van der Waals surface area contributed by atoms with E-state index < -0.39 is 0 Å². The molecule has 1 aromatic heterocycles. The Bertz CT molecular complexity index is 670. The van der Waals surface area contributed by atoms with E-state index >= 15 is 0 Å². The third kappa shape index (κ3) is 3.19. The van der Waals surface area contributed by atoms with Crippen molar-refractivity contribution in [2.24, 2.45) is 5.41 Å². The minimum absolute atomic E-state index is 0.219. The number of aromatic nitrogens is 2. The molecule has 0 amide bonds. The quantitative estimate of drug-likeness (QED) is 0.811. The lowest BCUT2D eigenvalue weighted by Gasteiger charge is -2.36. The summed E-state index contributed by atoms with van der Waals surface area (Å²) in [5.41, 5.74) is 1.21. The Balaban J connectivity index is 1.97. The average Bonchev–Trinajstić information content (AvgIpc) is 3.10. The molecule has 2 heterocycles. The molecule has 2 N–H and O–H groups in total. The maximum Gasteiger partial charge on any atom is 0.170 e. The van der Waals surface area contributed by atoms with Crippen LogP contribution in [-0.4, -0.2) is 28.8 Å². The van der Waals surface area contributed by atoms with Gasteiger partial charge >= 0.3 is 0 Å². The van der Waals surface area contributed by atoms with Crippen LogP contribution in [0.15, 0.2) is 30.6 Å². The summed E-state index contributed by atoms with van der Waals surface area (Å²) in [6.45, 7) is 3.90. The van der Waals surface area contributed by atoms with Crippen molar-refractivity contribution < 1.29 is 4.79 Å². The van der Waals surface area contributed by atoms with E-state index in [-0.39, 0.29) is 11.2 Å². The van der Waals surface area contributed by atoms with Gasteiger partial charge in [0, 0.05) is 35.5 Å². The summed E-state index contributed by atoms with van der Waals surface area (Å²) >= 11 is 6.29. The number of hydrogen-bond donors (Lipinski definition) is 2. The van der Waals surface area contributed by atoms with E-state index in [0.717, 1.165) is 49.9 Å². The molecule has 1 fully saturated rings. The van der Waals surface area contributed by atoms with Crippen LogP contribution in [0.2, 0.25) is 5.02 Å². The van der Waals surface area contributed by atoms with Gasteiger partial charge in [-0.05, 0) is 44.0 Å². The number of nitrogens with zero attached hydrogens (tertiary/aromatic N) is 1. The second kappa shape index (κ2) is 6.85. The van der Waals surface area contributed by atoms with Gasteiger partial charge in [-0.1, -0.05) is 24.9 Å². The van der Waals surface area contributed by atoms with Gasteiger partial charge in [-0.25, -0.2) is 4.98 Å². The van der Waals surface area contributed by atoms with Gasteiger partial charge in [-0.3, -0.25) is 4.79 Å². The highest BCUT2D eigenvalue weighted by Gasteiger charge is 2.39. The van der Waals surface area contributed by atoms with Crippen LogP contribution in [0.25, 0.3) is 11.4 Å². The smallest absolute Gasteiger partial charge is 0.170 e. The van der Waals surface area contributed by atoms with Crippen molar-refractivity contribution in [1.82, 2.24) is 15.3 Å². The standard InChI is InChI=1S/C18H22ClN3O/c1-2-6-18(7-3-8-20-12-18)16(23)13-4-5-15(19)14(11-13)17-21-9-10-22-17/h4-5,9-11,20H,2-3,6-8,12H2,1H3,(H,21,22). The second-order valence-corrected chi connectivity index (χ2v) is 6.68. The number of rotatable bonds is 5. The van der Waals surface area contributed by atoms with Crippen LogP contribution in [0.5, 0.6) is 0 Å². The summed E-state index contributed by atoms with van der Waals surface area (Å²) in [7, 11) is 0. The highest BCUT2D eigenvalue weighted by molar-refractivity contribution is 6.33. The Hall–Kier alpha value is -1.65. The molecule has 0 saturated carbocycles. The molecule has 3 rings (SSSR count). The van der Waals surface area contributed by atoms with Gasteiger partial charge in [0.15, 0.2) is 5.78 Å². The van der Waals surface area contributed by atoms with Crippen molar-refractivity contribution in [3.8, 4) is 11.4 Å². The monoisotopic (exact) mass is 331 g/mol. The molecule has 122 valence electrons. The summed E-state index contributed by atoms with van der Waals surface area (Å²) in [5, 5.41) is 4.00. The highest BCUT2D eigenvalue weighted by atomic mass is 35.5. The zero-order chi connectivity index (χ0) is 16.3. The number of imidazole rings is 1. The summed E-state index contributed by atoms with van der Waals surface area (Å²) in [5.74, 6) is 0.909. The normalized spacial score (nSPS) is 21.3. The molecule has 1 unspecified atom stereocenters. The number of H-pyrrole nitrogens is 1. The minimum atomic E-state index is -0.290. The number of carbonyl (C=O) groups is 1. The predicted octanol–water partition coefficient (Wildman–Crippen LogP) is 4.08. The SMILES string of the molecule is CCCC1(C(=O)c2ccc(Cl)c(-c3ncc[nH]3)c2)CCCNC1. The van der Waals surface area contributed by atoms with Crippen molar-refractivity contribution in [2.75, 3.05) is 13.1 Å². The maximum atomic E-state index is 13.2. The largest absolute Gasteiger partial charge is 0.345 e. The topological polar surface area (TPSA) is 57.8 Å². The number of piperidine rings is 1. The van der Waals surface area contributed by atoms with Crippen LogP contribution in [-0.2, 0) is 0 Å². The van der Waals surface area contributed by atoms with E-state index in [4.69, 9.17) is 11.6 Å². The number of halogens is 1. The maximum absolute atomic E-state index is 13.2. The van der Waals surface area contributed by atoms with Gasteiger partial charge in [0.25, 0.3) is 0 Å². The van der Waals surface area contributed by atoms with Crippen LogP contribution in [0.1, 0.15) is 43.0 Å². The molecule has 23 heavy (non-hydrogen) atoms. The molecule has 1 atom stereocenters. The van der Waals surface area contributed by atoms with Crippen LogP contribution in [0.4, 0.5) is 0 Å². The number of Topliss-reactive ketones (excluding diaryl/α,β-unsaturated/α-hetero) is 1. The van der Waals surface area contributed by atoms with Crippen LogP contribution in [0.3, 0.4) is 0 Å². The molecule has 2 aromatic rings. The van der Waals surface area contributed by atoms with E-state index in [1.165, 1.54) is 0 Å².